The molecule has 1 nitrogen and oxygen atoms in total. The van der Waals surface area contributed by atoms with Crippen molar-refractivity contribution in [3.63, 3.8) is 0 Å². The average molecular weight is 193 g/mol. The van der Waals surface area contributed by atoms with Crippen LogP contribution >= 0.6 is 0 Å². The van der Waals surface area contributed by atoms with Crippen LogP contribution in [0.1, 0.15) is 18.0 Å². The van der Waals surface area contributed by atoms with E-state index in [4.69, 9.17) is 5.73 Å². The second-order valence-corrected chi connectivity index (χ2v) is 10.3. The third kappa shape index (κ3) is 2.34. The highest BCUT2D eigenvalue weighted by atomic mass is 28.3. The van der Waals surface area contributed by atoms with Crippen LogP contribution in [0.2, 0.25) is 19.6 Å². The Balaban J connectivity index is 3.02. The first-order chi connectivity index (χ1) is 5.93. The van der Waals surface area contributed by atoms with Crippen molar-refractivity contribution in [2.24, 2.45) is 0 Å². The van der Waals surface area contributed by atoms with E-state index in [-0.39, 0.29) is 0 Å². The fraction of sp³-hybridized carbons (Fsp3) is 0.455. The van der Waals surface area contributed by atoms with Crippen molar-refractivity contribution >= 4 is 13.8 Å². The molecule has 0 bridgehead atoms. The highest BCUT2D eigenvalue weighted by Crippen LogP contribution is 2.29. The summed E-state index contributed by atoms with van der Waals surface area (Å²) in [5.74, 6) is 0. The van der Waals surface area contributed by atoms with E-state index < -0.39 is 8.07 Å². The van der Waals surface area contributed by atoms with Gasteiger partial charge in [0.25, 0.3) is 0 Å². The quantitative estimate of drug-likeness (QED) is 0.566. The molecule has 2 heteroatoms. The van der Waals surface area contributed by atoms with Gasteiger partial charge in [0.1, 0.15) is 0 Å². The van der Waals surface area contributed by atoms with Gasteiger partial charge in [-0.1, -0.05) is 44.8 Å². The zero-order valence-corrected chi connectivity index (χ0v) is 9.96. The minimum atomic E-state index is -1.11. The summed E-state index contributed by atoms with van der Waals surface area (Å²) in [4.78, 5) is 0. The smallest absolute Gasteiger partial charge is 0.0519 e. The predicted molar refractivity (Wildman–Crippen MR) is 62.6 cm³/mol. The summed E-state index contributed by atoms with van der Waals surface area (Å²) in [6.07, 6.45) is 0. The lowest BCUT2D eigenvalue weighted by Crippen LogP contribution is -2.29. The maximum absolute atomic E-state index is 5.94. The molecule has 1 atom stereocenters. The number of benzene rings is 1. The van der Waals surface area contributed by atoms with Crippen molar-refractivity contribution in [1.29, 1.82) is 0 Å². The first-order valence-corrected chi connectivity index (χ1v) is 8.35. The number of anilines is 1. The van der Waals surface area contributed by atoms with Gasteiger partial charge in [0.15, 0.2) is 0 Å². The second kappa shape index (κ2) is 3.54. The molecule has 0 aliphatic carbocycles. The Morgan fingerprint density at radius 3 is 2.15 bits per heavy atom. The number of para-hydroxylation sites is 1. The first-order valence-electron chi connectivity index (χ1n) is 4.77. The standard InChI is InChI=1S/C11H19NSi/c1-9(13(2,3)4)10-7-5-6-8-11(10)12/h5-9H,12H2,1-4H3. The number of hydrogen-bond donors (Lipinski definition) is 1. The summed E-state index contributed by atoms with van der Waals surface area (Å²) >= 11 is 0. The van der Waals surface area contributed by atoms with Crippen molar-refractivity contribution < 1.29 is 0 Å². The molecule has 0 saturated heterocycles. The molecule has 0 aliphatic heterocycles. The van der Waals surface area contributed by atoms with Gasteiger partial charge in [-0.25, -0.2) is 0 Å². The van der Waals surface area contributed by atoms with E-state index in [0.717, 1.165) is 5.69 Å². The van der Waals surface area contributed by atoms with E-state index in [1.54, 1.807) is 0 Å². The van der Waals surface area contributed by atoms with Crippen LogP contribution < -0.4 is 5.73 Å². The maximum atomic E-state index is 5.94. The Morgan fingerprint density at radius 2 is 1.69 bits per heavy atom. The molecule has 0 spiro atoms. The van der Waals surface area contributed by atoms with Crippen molar-refractivity contribution in [3.8, 4) is 0 Å². The Morgan fingerprint density at radius 1 is 1.15 bits per heavy atom. The van der Waals surface area contributed by atoms with Gasteiger partial charge in [-0.15, -0.1) is 0 Å². The molecule has 1 aromatic carbocycles. The lowest BCUT2D eigenvalue weighted by molar-refractivity contribution is 1.02. The fourth-order valence-electron chi connectivity index (χ4n) is 1.37. The molecule has 13 heavy (non-hydrogen) atoms. The average Bonchev–Trinajstić information content (AvgIpc) is 2.02. The van der Waals surface area contributed by atoms with Gasteiger partial charge >= 0.3 is 0 Å². The number of nitrogen functional groups attached to an aromatic ring is 1. The van der Waals surface area contributed by atoms with E-state index in [1.165, 1.54) is 5.56 Å². The van der Waals surface area contributed by atoms with E-state index in [2.05, 4.69) is 38.7 Å². The van der Waals surface area contributed by atoms with E-state index >= 15 is 0 Å². The zero-order valence-electron chi connectivity index (χ0n) is 8.96. The molecular formula is C11H19NSi. The monoisotopic (exact) mass is 193 g/mol. The van der Waals surface area contributed by atoms with Gasteiger partial charge in [-0.2, -0.15) is 0 Å². The van der Waals surface area contributed by atoms with Gasteiger partial charge in [-0.3, -0.25) is 0 Å². The van der Waals surface area contributed by atoms with Gasteiger partial charge in [-0.05, 0) is 17.2 Å². The summed E-state index contributed by atoms with van der Waals surface area (Å²) in [5, 5.41) is 0. The van der Waals surface area contributed by atoms with Crippen LogP contribution in [-0.2, 0) is 0 Å². The lowest BCUT2D eigenvalue weighted by atomic mass is 10.1. The SMILES string of the molecule is CC(c1ccccc1N)[Si](C)(C)C. The van der Waals surface area contributed by atoms with Crippen LogP contribution in [0.25, 0.3) is 0 Å². The number of nitrogens with two attached hydrogens (primary N) is 1. The summed E-state index contributed by atoms with van der Waals surface area (Å²) in [7, 11) is -1.11. The van der Waals surface area contributed by atoms with Crippen LogP contribution in [0.4, 0.5) is 5.69 Å². The van der Waals surface area contributed by atoms with Crippen molar-refractivity contribution in [3.05, 3.63) is 29.8 Å². The van der Waals surface area contributed by atoms with Crippen LogP contribution in [-0.4, -0.2) is 8.07 Å². The highest BCUT2D eigenvalue weighted by molar-refractivity contribution is 6.77. The lowest BCUT2D eigenvalue weighted by Gasteiger charge is -2.26. The molecule has 0 radical (unpaired) electrons. The van der Waals surface area contributed by atoms with E-state index in [9.17, 15) is 0 Å². The molecule has 0 aromatic heterocycles. The second-order valence-electron chi connectivity index (χ2n) is 4.72. The van der Waals surface area contributed by atoms with E-state index in [0.29, 0.717) is 5.54 Å². The molecule has 0 aliphatic rings. The molecular weight excluding hydrogens is 174 g/mol. The molecule has 2 N–H and O–H groups in total. The summed E-state index contributed by atoms with van der Waals surface area (Å²) in [6.45, 7) is 9.43. The van der Waals surface area contributed by atoms with Gasteiger partial charge < -0.3 is 5.73 Å². The molecule has 72 valence electrons. The highest BCUT2D eigenvalue weighted by Gasteiger charge is 2.24. The minimum Gasteiger partial charge on any atom is -0.399 e. The third-order valence-electron chi connectivity index (χ3n) is 2.76. The predicted octanol–water partition coefficient (Wildman–Crippen LogP) is 3.25. The molecule has 1 rings (SSSR count). The van der Waals surface area contributed by atoms with Crippen LogP contribution in [0.5, 0.6) is 0 Å². The summed E-state index contributed by atoms with van der Waals surface area (Å²) in [6, 6.07) is 8.21. The summed E-state index contributed by atoms with van der Waals surface area (Å²) < 4.78 is 0. The van der Waals surface area contributed by atoms with Gasteiger partial charge in [0, 0.05) is 5.69 Å². The maximum Gasteiger partial charge on any atom is 0.0519 e. The molecule has 0 fully saturated rings. The van der Waals surface area contributed by atoms with Gasteiger partial charge in [0.05, 0.1) is 8.07 Å². The first kappa shape index (κ1) is 10.3. The summed E-state index contributed by atoms with van der Waals surface area (Å²) in [5.41, 5.74) is 8.84. The number of hydrogen-bond acceptors (Lipinski definition) is 1. The largest absolute Gasteiger partial charge is 0.399 e. The van der Waals surface area contributed by atoms with Gasteiger partial charge in [0.2, 0.25) is 0 Å². The normalized spacial score (nSPS) is 14.2. The fourth-order valence-corrected chi connectivity index (χ4v) is 2.57. The molecule has 1 unspecified atom stereocenters. The van der Waals surface area contributed by atoms with Crippen molar-refractivity contribution in [2.75, 3.05) is 5.73 Å². The molecule has 1 aromatic rings. The Bertz CT molecular complexity index is 288. The van der Waals surface area contributed by atoms with Crippen LogP contribution in [0, 0.1) is 0 Å². The van der Waals surface area contributed by atoms with Crippen LogP contribution in [0.15, 0.2) is 24.3 Å². The zero-order chi connectivity index (χ0) is 10.1. The Labute approximate surface area is 82.0 Å². The third-order valence-corrected chi connectivity index (χ3v) is 5.67. The van der Waals surface area contributed by atoms with Crippen LogP contribution in [0.3, 0.4) is 0 Å². The van der Waals surface area contributed by atoms with E-state index in [1.807, 2.05) is 12.1 Å². The molecule has 0 heterocycles. The topological polar surface area (TPSA) is 26.0 Å². The molecule has 0 amide bonds. The molecule has 0 saturated carbocycles. The minimum absolute atomic E-state index is 0.633. The Kier molecular flexibility index (Phi) is 2.81. The van der Waals surface area contributed by atoms with Crippen molar-refractivity contribution in [2.45, 2.75) is 32.1 Å². The Hall–Kier alpha value is -0.763. The number of rotatable bonds is 2. The van der Waals surface area contributed by atoms with Crippen molar-refractivity contribution in [1.82, 2.24) is 0 Å².